The van der Waals surface area contributed by atoms with Gasteiger partial charge < -0.3 is 14.8 Å². The van der Waals surface area contributed by atoms with Crippen LogP contribution in [0.3, 0.4) is 0 Å². The van der Waals surface area contributed by atoms with Gasteiger partial charge in [-0.3, -0.25) is 14.5 Å². The molecule has 1 N–H and O–H groups in total. The van der Waals surface area contributed by atoms with Crippen LogP contribution >= 0.6 is 35.6 Å². The van der Waals surface area contributed by atoms with Gasteiger partial charge in [-0.2, -0.15) is 0 Å². The van der Waals surface area contributed by atoms with Crippen LogP contribution < -0.4 is 19.7 Å². The first-order chi connectivity index (χ1) is 17.8. The number of carbonyl (C=O) groups is 2. The second-order valence-corrected chi connectivity index (χ2v) is 10.6. The highest BCUT2D eigenvalue weighted by Gasteiger charge is 2.33. The van der Waals surface area contributed by atoms with Gasteiger partial charge in [-0.25, -0.2) is 0 Å². The van der Waals surface area contributed by atoms with E-state index in [-0.39, 0.29) is 24.3 Å². The number of anilines is 2. The Hall–Kier alpha value is -3.33. The van der Waals surface area contributed by atoms with Crippen LogP contribution in [-0.2, 0) is 9.59 Å². The van der Waals surface area contributed by atoms with Gasteiger partial charge in [-0.15, -0.1) is 0 Å². The molecule has 190 valence electrons. The molecule has 1 fully saturated rings. The summed E-state index contributed by atoms with van der Waals surface area (Å²) in [6, 6.07) is 19.9. The maximum atomic E-state index is 13.0. The minimum atomic E-state index is -0.273. The number of amides is 2. The van der Waals surface area contributed by atoms with E-state index in [1.807, 2.05) is 24.3 Å². The van der Waals surface area contributed by atoms with E-state index >= 15 is 0 Å². The van der Waals surface area contributed by atoms with E-state index in [9.17, 15) is 9.59 Å². The standard InChI is InChI=1S/C28H25ClN2O4S2/c1-17(2)21-6-4-5-7-22(21)30-26(32)16-35-23-13-8-18(14-24(23)34-3)15-25-27(33)31(28(36)37-25)20-11-9-19(29)10-12-20/h4-15,17H,16H2,1-3H3,(H,30,32)/b25-15+. The molecule has 6 nitrogen and oxygen atoms in total. The number of nitrogens with one attached hydrogen (secondary N) is 1. The summed E-state index contributed by atoms with van der Waals surface area (Å²) in [5.41, 5.74) is 3.21. The van der Waals surface area contributed by atoms with Crippen molar-refractivity contribution in [1.82, 2.24) is 0 Å². The van der Waals surface area contributed by atoms with E-state index in [1.165, 1.54) is 23.8 Å². The van der Waals surface area contributed by atoms with E-state index in [4.69, 9.17) is 33.3 Å². The molecule has 0 saturated carbocycles. The number of carbonyl (C=O) groups excluding carboxylic acids is 2. The second-order valence-electron chi connectivity index (χ2n) is 8.48. The molecule has 0 radical (unpaired) electrons. The van der Waals surface area contributed by atoms with Gasteiger partial charge in [0.15, 0.2) is 22.4 Å². The Morgan fingerprint density at radius 2 is 1.84 bits per heavy atom. The number of hydrogen-bond acceptors (Lipinski definition) is 6. The molecule has 1 aliphatic rings. The minimum absolute atomic E-state index is 0.179. The smallest absolute Gasteiger partial charge is 0.270 e. The van der Waals surface area contributed by atoms with Crippen molar-refractivity contribution in [3.05, 3.63) is 87.8 Å². The van der Waals surface area contributed by atoms with Gasteiger partial charge in [-0.1, -0.05) is 73.7 Å². The molecule has 0 aromatic heterocycles. The van der Waals surface area contributed by atoms with Crippen molar-refractivity contribution in [2.45, 2.75) is 19.8 Å². The number of halogens is 1. The molecule has 2 amide bonds. The topological polar surface area (TPSA) is 67.9 Å². The molecule has 3 aromatic carbocycles. The largest absolute Gasteiger partial charge is 0.493 e. The Kier molecular flexibility index (Phi) is 8.53. The maximum Gasteiger partial charge on any atom is 0.270 e. The van der Waals surface area contributed by atoms with Gasteiger partial charge in [0.25, 0.3) is 11.8 Å². The van der Waals surface area contributed by atoms with Crippen molar-refractivity contribution in [2.75, 3.05) is 23.9 Å². The quantitative estimate of drug-likeness (QED) is 0.242. The summed E-state index contributed by atoms with van der Waals surface area (Å²) < 4.78 is 11.7. The third-order valence-electron chi connectivity index (χ3n) is 5.58. The molecule has 1 heterocycles. The number of ether oxygens (including phenoxy) is 2. The molecule has 9 heteroatoms. The van der Waals surface area contributed by atoms with E-state index < -0.39 is 0 Å². The molecule has 0 unspecified atom stereocenters. The first-order valence-electron chi connectivity index (χ1n) is 11.5. The zero-order valence-corrected chi connectivity index (χ0v) is 22.9. The molecule has 0 spiro atoms. The van der Waals surface area contributed by atoms with Crippen LogP contribution in [0, 0.1) is 0 Å². The molecular weight excluding hydrogens is 528 g/mol. The summed E-state index contributed by atoms with van der Waals surface area (Å²) in [5.74, 6) is 0.648. The Morgan fingerprint density at radius 3 is 2.54 bits per heavy atom. The lowest BCUT2D eigenvalue weighted by Gasteiger charge is -2.15. The zero-order valence-electron chi connectivity index (χ0n) is 20.5. The average Bonchev–Trinajstić information content (AvgIpc) is 3.16. The first kappa shape index (κ1) is 26.7. The molecular formula is C28H25ClN2O4S2. The molecule has 3 aromatic rings. The van der Waals surface area contributed by atoms with Gasteiger partial charge in [0, 0.05) is 10.7 Å². The van der Waals surface area contributed by atoms with Gasteiger partial charge in [0.2, 0.25) is 0 Å². The van der Waals surface area contributed by atoms with E-state index in [0.29, 0.717) is 31.4 Å². The van der Waals surface area contributed by atoms with Crippen molar-refractivity contribution >= 4 is 69.2 Å². The highest BCUT2D eigenvalue weighted by molar-refractivity contribution is 8.27. The highest BCUT2D eigenvalue weighted by atomic mass is 35.5. The van der Waals surface area contributed by atoms with Crippen molar-refractivity contribution < 1.29 is 19.1 Å². The number of benzene rings is 3. The Morgan fingerprint density at radius 1 is 1.11 bits per heavy atom. The van der Waals surface area contributed by atoms with Gasteiger partial charge in [0.1, 0.15) is 0 Å². The molecule has 1 saturated heterocycles. The number of nitrogens with zero attached hydrogens (tertiary/aromatic N) is 1. The highest BCUT2D eigenvalue weighted by Crippen LogP contribution is 2.37. The summed E-state index contributed by atoms with van der Waals surface area (Å²) in [5, 5.41) is 3.49. The summed E-state index contributed by atoms with van der Waals surface area (Å²) >= 11 is 12.6. The fourth-order valence-corrected chi connectivity index (χ4v) is 5.19. The van der Waals surface area contributed by atoms with Crippen molar-refractivity contribution in [2.24, 2.45) is 0 Å². The Balaban J connectivity index is 1.45. The third kappa shape index (κ3) is 6.33. The number of thioether (sulfide) groups is 1. The first-order valence-corrected chi connectivity index (χ1v) is 13.1. The van der Waals surface area contributed by atoms with E-state index in [0.717, 1.165) is 16.8 Å². The molecule has 37 heavy (non-hydrogen) atoms. The number of rotatable bonds is 8. The van der Waals surface area contributed by atoms with Crippen LogP contribution in [0.1, 0.15) is 30.9 Å². The Bertz CT molecular complexity index is 1370. The molecule has 1 aliphatic heterocycles. The predicted octanol–water partition coefficient (Wildman–Crippen LogP) is 6.90. The summed E-state index contributed by atoms with van der Waals surface area (Å²) in [6.07, 6.45) is 1.75. The third-order valence-corrected chi connectivity index (χ3v) is 7.13. The predicted molar refractivity (Wildman–Crippen MR) is 155 cm³/mol. The van der Waals surface area contributed by atoms with Crippen molar-refractivity contribution in [1.29, 1.82) is 0 Å². The van der Waals surface area contributed by atoms with Crippen LogP contribution in [-0.4, -0.2) is 29.9 Å². The van der Waals surface area contributed by atoms with Crippen LogP contribution in [0.5, 0.6) is 11.5 Å². The van der Waals surface area contributed by atoms with Gasteiger partial charge in [0.05, 0.1) is 17.7 Å². The van der Waals surface area contributed by atoms with Crippen molar-refractivity contribution in [3.63, 3.8) is 0 Å². The lowest BCUT2D eigenvalue weighted by atomic mass is 10.0. The fourth-order valence-electron chi connectivity index (χ4n) is 3.77. The summed E-state index contributed by atoms with van der Waals surface area (Å²) in [7, 11) is 1.52. The van der Waals surface area contributed by atoms with E-state index in [2.05, 4.69) is 19.2 Å². The average molecular weight is 553 g/mol. The number of thiocarbonyl (C=S) groups is 1. The normalized spacial score (nSPS) is 14.4. The number of hydrogen-bond donors (Lipinski definition) is 1. The lowest BCUT2D eigenvalue weighted by molar-refractivity contribution is -0.118. The van der Waals surface area contributed by atoms with Crippen LogP contribution in [0.4, 0.5) is 11.4 Å². The summed E-state index contributed by atoms with van der Waals surface area (Å²) in [6.45, 7) is 3.97. The van der Waals surface area contributed by atoms with Crippen LogP contribution in [0.2, 0.25) is 5.02 Å². The van der Waals surface area contributed by atoms with Crippen LogP contribution in [0.15, 0.2) is 71.6 Å². The van der Waals surface area contributed by atoms with Crippen LogP contribution in [0.25, 0.3) is 6.08 Å². The molecule has 0 bridgehead atoms. The molecule has 0 aliphatic carbocycles. The molecule has 4 rings (SSSR count). The molecule has 0 atom stereocenters. The second kappa shape index (κ2) is 11.8. The number of methoxy groups -OCH3 is 1. The minimum Gasteiger partial charge on any atom is -0.493 e. The lowest BCUT2D eigenvalue weighted by Crippen LogP contribution is -2.27. The van der Waals surface area contributed by atoms with Crippen molar-refractivity contribution in [3.8, 4) is 11.5 Å². The van der Waals surface area contributed by atoms with Gasteiger partial charge in [-0.05, 0) is 65.6 Å². The van der Waals surface area contributed by atoms with Gasteiger partial charge >= 0.3 is 0 Å². The van der Waals surface area contributed by atoms with E-state index in [1.54, 1.807) is 48.5 Å². The Labute approximate surface area is 230 Å². The number of para-hydroxylation sites is 1. The summed E-state index contributed by atoms with van der Waals surface area (Å²) in [4.78, 5) is 27.5. The maximum absolute atomic E-state index is 13.0. The fraction of sp³-hybridized carbons (Fsp3) is 0.179. The SMILES string of the molecule is COc1cc(/C=C2/SC(=S)N(c3ccc(Cl)cc3)C2=O)ccc1OCC(=O)Nc1ccccc1C(C)C. The zero-order chi connectivity index (χ0) is 26.5. The monoisotopic (exact) mass is 552 g/mol.